The molecule has 0 bridgehead atoms. The third kappa shape index (κ3) is 4.69. The second-order valence-corrected chi connectivity index (χ2v) is 10.5. The molecular formula is C26H22N4O4S. The first-order valence-electron chi connectivity index (χ1n) is 10.8. The van der Waals surface area contributed by atoms with Crippen molar-refractivity contribution in [1.29, 1.82) is 5.26 Å². The summed E-state index contributed by atoms with van der Waals surface area (Å²) in [6.45, 7) is 3.80. The quantitative estimate of drug-likeness (QED) is 0.445. The van der Waals surface area contributed by atoms with Crippen molar-refractivity contribution in [2.24, 2.45) is 0 Å². The van der Waals surface area contributed by atoms with Crippen LogP contribution in [0.15, 0.2) is 93.6 Å². The molecule has 0 unspecified atom stereocenters. The van der Waals surface area contributed by atoms with Gasteiger partial charge >= 0.3 is 0 Å². The average molecular weight is 487 g/mol. The second kappa shape index (κ2) is 9.16. The van der Waals surface area contributed by atoms with E-state index in [1.807, 2.05) is 50.2 Å². The Morgan fingerprint density at radius 3 is 2.20 bits per heavy atom. The van der Waals surface area contributed by atoms with Gasteiger partial charge in [0.25, 0.3) is 5.56 Å². The van der Waals surface area contributed by atoms with Gasteiger partial charge in [-0.2, -0.15) is 5.26 Å². The third-order valence-electron chi connectivity index (χ3n) is 5.71. The summed E-state index contributed by atoms with van der Waals surface area (Å²) in [7, 11) is -4.18. The minimum atomic E-state index is -4.18. The van der Waals surface area contributed by atoms with Gasteiger partial charge in [-0.3, -0.25) is 9.59 Å². The molecule has 0 aliphatic heterocycles. The van der Waals surface area contributed by atoms with Crippen LogP contribution in [0.2, 0.25) is 0 Å². The first-order chi connectivity index (χ1) is 16.6. The van der Waals surface area contributed by atoms with Gasteiger partial charge in [0.1, 0.15) is 0 Å². The first-order valence-corrected chi connectivity index (χ1v) is 12.2. The number of rotatable bonds is 6. The number of nitrogens with one attached hydrogen (secondary N) is 1. The van der Waals surface area contributed by atoms with E-state index in [1.165, 1.54) is 36.4 Å². The fourth-order valence-corrected chi connectivity index (χ4v) is 5.18. The van der Waals surface area contributed by atoms with Crippen LogP contribution in [0.4, 0.5) is 0 Å². The predicted molar refractivity (Wildman–Crippen MR) is 131 cm³/mol. The van der Waals surface area contributed by atoms with E-state index in [0.29, 0.717) is 10.4 Å². The highest BCUT2D eigenvalue weighted by Crippen LogP contribution is 2.27. The molecule has 1 amide bonds. The van der Waals surface area contributed by atoms with Crippen LogP contribution in [0.5, 0.6) is 0 Å². The summed E-state index contributed by atoms with van der Waals surface area (Å²) in [5.41, 5.74) is 2.52. The number of carbonyl (C=O) groups excluding carboxylic acids is 1. The molecule has 0 atom stereocenters. The van der Waals surface area contributed by atoms with E-state index in [1.54, 1.807) is 12.1 Å². The van der Waals surface area contributed by atoms with Crippen LogP contribution in [-0.4, -0.2) is 24.2 Å². The van der Waals surface area contributed by atoms with Crippen LogP contribution in [0.25, 0.3) is 10.8 Å². The lowest BCUT2D eigenvalue weighted by atomic mass is 9.81. The molecule has 1 heterocycles. The van der Waals surface area contributed by atoms with Crippen LogP contribution < -0.4 is 11.0 Å². The van der Waals surface area contributed by atoms with Crippen molar-refractivity contribution in [3.05, 3.63) is 100 Å². The maximum absolute atomic E-state index is 13.4. The molecule has 0 spiro atoms. The fraction of sp³-hybridized carbons (Fsp3) is 0.154. The summed E-state index contributed by atoms with van der Waals surface area (Å²) >= 11 is 0. The van der Waals surface area contributed by atoms with E-state index < -0.39 is 26.7 Å². The maximum atomic E-state index is 13.4. The van der Waals surface area contributed by atoms with Gasteiger partial charge in [0.15, 0.2) is 5.03 Å². The lowest BCUT2D eigenvalue weighted by Gasteiger charge is -2.24. The van der Waals surface area contributed by atoms with E-state index in [-0.39, 0.29) is 27.1 Å². The molecule has 1 N–H and O–H groups in total. The van der Waals surface area contributed by atoms with Gasteiger partial charge in [0.2, 0.25) is 15.7 Å². The van der Waals surface area contributed by atoms with Crippen molar-refractivity contribution in [1.82, 2.24) is 9.89 Å². The Hall–Kier alpha value is -4.29. The number of fused-ring (bicyclic) bond motifs is 1. The molecule has 8 nitrogen and oxygen atoms in total. The number of carbonyl (C=O) groups is 1. The first kappa shape index (κ1) is 23.9. The maximum Gasteiger partial charge on any atom is 0.294 e. The van der Waals surface area contributed by atoms with Crippen LogP contribution in [0, 0.1) is 11.3 Å². The molecule has 0 aliphatic rings. The summed E-state index contributed by atoms with van der Waals surface area (Å²) in [6.07, 6.45) is 0.0374. The fourth-order valence-electron chi connectivity index (χ4n) is 3.81. The van der Waals surface area contributed by atoms with E-state index >= 15 is 0 Å². The Kier molecular flexibility index (Phi) is 6.24. The Morgan fingerprint density at radius 1 is 0.971 bits per heavy atom. The molecule has 0 saturated carbocycles. The van der Waals surface area contributed by atoms with E-state index in [0.717, 1.165) is 5.56 Å². The Labute approximate surface area is 202 Å². The van der Waals surface area contributed by atoms with Crippen molar-refractivity contribution in [3.8, 4) is 6.07 Å². The van der Waals surface area contributed by atoms with Crippen molar-refractivity contribution in [3.63, 3.8) is 0 Å². The Morgan fingerprint density at radius 2 is 1.57 bits per heavy atom. The Balaban J connectivity index is 1.76. The van der Waals surface area contributed by atoms with Crippen LogP contribution in [0.3, 0.4) is 0 Å². The lowest BCUT2D eigenvalue weighted by Crippen LogP contribution is -2.38. The molecule has 0 saturated heterocycles. The summed E-state index contributed by atoms with van der Waals surface area (Å²) < 4.78 is 26.9. The number of hydrogen-bond acceptors (Lipinski definition) is 6. The molecule has 4 rings (SSSR count). The van der Waals surface area contributed by atoms with Gasteiger partial charge in [-0.05, 0) is 41.3 Å². The molecule has 176 valence electrons. The topological polar surface area (TPSA) is 122 Å². The number of sulfone groups is 1. The smallest absolute Gasteiger partial charge is 0.273 e. The summed E-state index contributed by atoms with van der Waals surface area (Å²) in [5.74, 6) is -0.495. The predicted octanol–water partition coefficient (Wildman–Crippen LogP) is 3.54. The van der Waals surface area contributed by atoms with Crippen LogP contribution >= 0.6 is 0 Å². The van der Waals surface area contributed by atoms with Crippen LogP contribution in [0.1, 0.15) is 31.4 Å². The minimum absolute atomic E-state index is 0.0374. The number of amides is 1. The Bertz CT molecular complexity index is 1620. The zero-order valence-corrected chi connectivity index (χ0v) is 19.9. The summed E-state index contributed by atoms with van der Waals surface area (Å²) in [5, 5.41) is 12.9. The monoisotopic (exact) mass is 486 g/mol. The summed E-state index contributed by atoms with van der Waals surface area (Å²) in [4.78, 5) is 26.5. The highest BCUT2D eigenvalue weighted by atomic mass is 32.2. The van der Waals surface area contributed by atoms with Gasteiger partial charge in [0, 0.05) is 11.8 Å². The molecule has 0 fully saturated rings. The van der Waals surface area contributed by atoms with Gasteiger partial charge in [-0.15, -0.1) is 9.89 Å². The molecule has 35 heavy (non-hydrogen) atoms. The normalized spacial score (nSPS) is 11.7. The number of nitrogens with zero attached hydrogens (tertiary/aromatic N) is 3. The lowest BCUT2D eigenvalue weighted by molar-refractivity contribution is -0.118. The standard InChI is InChI=1S/C26H22N4O4S/c1-26(2,19-8-4-3-5-9-19)16-23(31)28-30-25(32)22-11-7-6-10-21(22)24(29-30)35(33,34)20-14-12-18(17-27)13-15-20/h3-15H,16H2,1-2H3,(H,28,31). The van der Waals surface area contributed by atoms with Crippen molar-refractivity contribution >= 4 is 26.5 Å². The molecule has 0 radical (unpaired) electrons. The molecular weight excluding hydrogens is 464 g/mol. The number of nitriles is 1. The van der Waals surface area contributed by atoms with Gasteiger partial charge < -0.3 is 0 Å². The molecule has 0 aliphatic carbocycles. The molecule has 9 heteroatoms. The third-order valence-corrected chi connectivity index (χ3v) is 7.41. The number of benzene rings is 3. The van der Waals surface area contributed by atoms with Crippen molar-refractivity contribution in [2.75, 3.05) is 5.43 Å². The highest BCUT2D eigenvalue weighted by Gasteiger charge is 2.27. The largest absolute Gasteiger partial charge is 0.294 e. The number of aromatic nitrogens is 2. The van der Waals surface area contributed by atoms with Gasteiger partial charge in [0.05, 0.1) is 21.9 Å². The number of hydrogen-bond donors (Lipinski definition) is 1. The summed E-state index contributed by atoms with van der Waals surface area (Å²) in [6, 6.07) is 23.0. The zero-order valence-electron chi connectivity index (χ0n) is 19.1. The molecule has 1 aromatic heterocycles. The minimum Gasteiger partial charge on any atom is -0.273 e. The van der Waals surface area contributed by atoms with Crippen molar-refractivity contribution < 1.29 is 13.2 Å². The van der Waals surface area contributed by atoms with Gasteiger partial charge in [-0.25, -0.2) is 13.8 Å². The molecule has 4 aromatic rings. The van der Waals surface area contributed by atoms with E-state index in [4.69, 9.17) is 5.26 Å². The second-order valence-electron chi connectivity index (χ2n) is 8.67. The van der Waals surface area contributed by atoms with Crippen molar-refractivity contribution in [2.45, 2.75) is 35.6 Å². The molecule has 3 aromatic carbocycles. The van der Waals surface area contributed by atoms with Crippen LogP contribution in [-0.2, 0) is 20.0 Å². The van der Waals surface area contributed by atoms with E-state index in [9.17, 15) is 18.0 Å². The zero-order chi connectivity index (χ0) is 25.2. The highest BCUT2D eigenvalue weighted by molar-refractivity contribution is 7.91. The SMILES string of the molecule is CC(C)(CC(=O)Nn1nc(S(=O)(=O)c2ccc(C#N)cc2)c2ccccc2c1=O)c1ccccc1. The van der Waals surface area contributed by atoms with Gasteiger partial charge in [-0.1, -0.05) is 62.4 Å². The van der Waals surface area contributed by atoms with E-state index in [2.05, 4.69) is 10.5 Å². The average Bonchev–Trinajstić information content (AvgIpc) is 2.86.